The number of benzene rings is 1. The van der Waals surface area contributed by atoms with E-state index in [1.807, 2.05) is 0 Å². The number of anilines is 1. The van der Waals surface area contributed by atoms with Crippen LogP contribution in [0.4, 0.5) is 11.4 Å². The van der Waals surface area contributed by atoms with E-state index in [0.717, 1.165) is 19.6 Å². The Labute approximate surface area is 105 Å². The van der Waals surface area contributed by atoms with Gasteiger partial charge in [0.05, 0.1) is 24.6 Å². The lowest BCUT2D eigenvalue weighted by atomic mass is 10.2. The molecule has 1 aliphatic heterocycles. The fourth-order valence-electron chi connectivity index (χ4n) is 2.16. The Kier molecular flexibility index (Phi) is 3.49. The molecular formula is C11H15ClN3O2+. The SMILES string of the molecule is C[C@H]1CN(c2ccc(Cl)cc2[N+](=O)[O-])CC[NH2+]1. The number of nitro groups is 1. The summed E-state index contributed by atoms with van der Waals surface area (Å²) in [4.78, 5) is 12.7. The molecule has 1 aromatic carbocycles. The van der Waals surface area contributed by atoms with Crippen molar-refractivity contribution in [1.82, 2.24) is 0 Å². The predicted octanol–water partition coefficient (Wildman–Crippen LogP) is 1.02. The molecule has 0 aliphatic carbocycles. The van der Waals surface area contributed by atoms with Crippen LogP contribution in [-0.4, -0.2) is 30.6 Å². The van der Waals surface area contributed by atoms with Crippen LogP contribution in [0, 0.1) is 10.1 Å². The van der Waals surface area contributed by atoms with Crippen LogP contribution in [0.2, 0.25) is 5.02 Å². The summed E-state index contributed by atoms with van der Waals surface area (Å²) in [6.07, 6.45) is 0. The summed E-state index contributed by atoms with van der Waals surface area (Å²) in [6, 6.07) is 5.31. The van der Waals surface area contributed by atoms with E-state index in [1.54, 1.807) is 12.1 Å². The fourth-order valence-corrected chi connectivity index (χ4v) is 2.32. The van der Waals surface area contributed by atoms with E-state index in [0.29, 0.717) is 16.8 Å². The van der Waals surface area contributed by atoms with Crippen molar-refractivity contribution in [3.8, 4) is 0 Å². The van der Waals surface area contributed by atoms with E-state index in [9.17, 15) is 10.1 Å². The Balaban J connectivity index is 2.33. The number of quaternary nitrogens is 1. The first-order valence-corrected chi connectivity index (χ1v) is 5.98. The van der Waals surface area contributed by atoms with Gasteiger partial charge in [0.2, 0.25) is 0 Å². The van der Waals surface area contributed by atoms with Gasteiger partial charge in [0.1, 0.15) is 11.7 Å². The zero-order valence-electron chi connectivity index (χ0n) is 9.60. The van der Waals surface area contributed by atoms with Gasteiger partial charge in [0.15, 0.2) is 0 Å². The van der Waals surface area contributed by atoms with Gasteiger partial charge in [0, 0.05) is 11.1 Å². The van der Waals surface area contributed by atoms with Gasteiger partial charge in [-0.1, -0.05) is 11.6 Å². The maximum absolute atomic E-state index is 11.0. The van der Waals surface area contributed by atoms with Crippen molar-refractivity contribution in [2.75, 3.05) is 24.5 Å². The van der Waals surface area contributed by atoms with Gasteiger partial charge in [-0.05, 0) is 19.1 Å². The second-order valence-corrected chi connectivity index (χ2v) is 4.77. The first kappa shape index (κ1) is 12.1. The predicted molar refractivity (Wildman–Crippen MR) is 66.6 cm³/mol. The highest BCUT2D eigenvalue weighted by Crippen LogP contribution is 2.31. The third-order valence-electron chi connectivity index (χ3n) is 2.95. The summed E-state index contributed by atoms with van der Waals surface area (Å²) in [6.45, 7) is 4.73. The Morgan fingerprint density at radius 2 is 2.35 bits per heavy atom. The lowest BCUT2D eigenvalue weighted by molar-refractivity contribution is -0.687. The van der Waals surface area contributed by atoms with Gasteiger partial charge in [-0.25, -0.2) is 0 Å². The summed E-state index contributed by atoms with van der Waals surface area (Å²) < 4.78 is 0. The lowest BCUT2D eigenvalue weighted by Crippen LogP contribution is -2.94. The number of hydrogen-bond donors (Lipinski definition) is 1. The molecule has 1 heterocycles. The molecule has 5 nitrogen and oxygen atoms in total. The Hall–Kier alpha value is -1.33. The van der Waals surface area contributed by atoms with Crippen LogP contribution in [0.25, 0.3) is 0 Å². The van der Waals surface area contributed by atoms with Gasteiger partial charge >= 0.3 is 0 Å². The zero-order valence-corrected chi connectivity index (χ0v) is 10.4. The third kappa shape index (κ3) is 2.68. The van der Waals surface area contributed by atoms with Crippen molar-refractivity contribution in [3.05, 3.63) is 33.3 Å². The van der Waals surface area contributed by atoms with Crippen molar-refractivity contribution in [3.63, 3.8) is 0 Å². The highest BCUT2D eigenvalue weighted by molar-refractivity contribution is 6.30. The second-order valence-electron chi connectivity index (χ2n) is 4.34. The molecule has 0 amide bonds. The molecule has 1 saturated heterocycles. The first-order valence-electron chi connectivity index (χ1n) is 5.60. The van der Waals surface area contributed by atoms with Gasteiger partial charge in [-0.15, -0.1) is 0 Å². The van der Waals surface area contributed by atoms with E-state index in [1.165, 1.54) is 6.07 Å². The molecule has 1 aromatic rings. The molecule has 0 saturated carbocycles. The molecular weight excluding hydrogens is 242 g/mol. The van der Waals surface area contributed by atoms with E-state index in [-0.39, 0.29) is 10.6 Å². The van der Waals surface area contributed by atoms with Gasteiger partial charge in [-0.2, -0.15) is 0 Å². The molecule has 1 aliphatic rings. The minimum atomic E-state index is -0.371. The molecule has 17 heavy (non-hydrogen) atoms. The highest BCUT2D eigenvalue weighted by atomic mass is 35.5. The third-order valence-corrected chi connectivity index (χ3v) is 3.19. The number of nitrogens with two attached hydrogens (primary N) is 1. The molecule has 2 rings (SSSR count). The zero-order chi connectivity index (χ0) is 12.4. The first-order chi connectivity index (χ1) is 8.08. The summed E-state index contributed by atoms with van der Waals surface area (Å²) in [5.41, 5.74) is 0.756. The van der Waals surface area contributed by atoms with Crippen LogP contribution in [0.3, 0.4) is 0 Å². The summed E-state index contributed by atoms with van der Waals surface area (Å²) in [7, 11) is 0. The monoisotopic (exact) mass is 256 g/mol. The highest BCUT2D eigenvalue weighted by Gasteiger charge is 2.25. The van der Waals surface area contributed by atoms with Crippen LogP contribution in [-0.2, 0) is 0 Å². The Morgan fingerprint density at radius 1 is 1.59 bits per heavy atom. The van der Waals surface area contributed by atoms with Crippen LogP contribution in [0.15, 0.2) is 18.2 Å². The second kappa shape index (κ2) is 4.89. The minimum Gasteiger partial charge on any atom is -0.354 e. The number of rotatable bonds is 2. The van der Waals surface area contributed by atoms with E-state index < -0.39 is 0 Å². The molecule has 0 unspecified atom stereocenters. The molecule has 0 radical (unpaired) electrons. The maximum atomic E-state index is 11.0. The minimum absolute atomic E-state index is 0.0894. The topological polar surface area (TPSA) is 63.0 Å². The van der Waals surface area contributed by atoms with Crippen molar-refractivity contribution in [1.29, 1.82) is 0 Å². The van der Waals surface area contributed by atoms with Gasteiger partial charge in [-0.3, -0.25) is 10.1 Å². The molecule has 1 atom stereocenters. The molecule has 6 heteroatoms. The average molecular weight is 257 g/mol. The fraction of sp³-hybridized carbons (Fsp3) is 0.455. The van der Waals surface area contributed by atoms with Crippen molar-refractivity contribution < 1.29 is 10.2 Å². The summed E-state index contributed by atoms with van der Waals surface area (Å²) >= 11 is 5.80. The van der Waals surface area contributed by atoms with Gasteiger partial charge < -0.3 is 10.2 Å². The standard InChI is InChI=1S/C11H14ClN3O2/c1-8-7-14(5-4-13-8)10-3-2-9(12)6-11(10)15(16)17/h2-3,6,8,13H,4-5,7H2,1H3/p+1/t8-/m0/s1. The van der Waals surface area contributed by atoms with Crippen molar-refractivity contribution in [2.45, 2.75) is 13.0 Å². The molecule has 92 valence electrons. The Morgan fingerprint density at radius 3 is 3.00 bits per heavy atom. The molecule has 1 fully saturated rings. The number of halogens is 1. The van der Waals surface area contributed by atoms with E-state index in [2.05, 4.69) is 17.1 Å². The van der Waals surface area contributed by atoms with E-state index in [4.69, 9.17) is 11.6 Å². The largest absolute Gasteiger partial charge is 0.354 e. The molecule has 2 N–H and O–H groups in total. The molecule has 0 aromatic heterocycles. The van der Waals surface area contributed by atoms with Crippen LogP contribution in [0.5, 0.6) is 0 Å². The van der Waals surface area contributed by atoms with Crippen LogP contribution in [0.1, 0.15) is 6.92 Å². The average Bonchev–Trinajstić information content (AvgIpc) is 2.28. The van der Waals surface area contributed by atoms with Crippen LogP contribution < -0.4 is 10.2 Å². The van der Waals surface area contributed by atoms with E-state index >= 15 is 0 Å². The normalized spacial score (nSPS) is 20.4. The van der Waals surface area contributed by atoms with Crippen molar-refractivity contribution in [2.24, 2.45) is 0 Å². The lowest BCUT2D eigenvalue weighted by Gasteiger charge is -2.30. The number of nitrogens with zero attached hydrogens (tertiary/aromatic N) is 2. The number of hydrogen-bond acceptors (Lipinski definition) is 3. The number of piperazine rings is 1. The van der Waals surface area contributed by atoms with Crippen LogP contribution >= 0.6 is 11.6 Å². The maximum Gasteiger partial charge on any atom is 0.294 e. The molecule has 0 bridgehead atoms. The smallest absolute Gasteiger partial charge is 0.294 e. The summed E-state index contributed by atoms with van der Waals surface area (Å²) in [5.74, 6) is 0. The number of nitro benzene ring substituents is 1. The van der Waals surface area contributed by atoms with Crippen molar-refractivity contribution >= 4 is 23.0 Å². The quantitative estimate of drug-likeness (QED) is 0.635. The molecule has 0 spiro atoms. The Bertz CT molecular complexity index is 439. The van der Waals surface area contributed by atoms with Gasteiger partial charge in [0.25, 0.3) is 5.69 Å². The summed E-state index contributed by atoms with van der Waals surface area (Å²) in [5, 5.41) is 13.7.